The van der Waals surface area contributed by atoms with Gasteiger partial charge in [0, 0.05) is 25.7 Å². The molecule has 1 atom stereocenters. The Morgan fingerprint density at radius 3 is 2.53 bits per heavy atom. The minimum absolute atomic E-state index is 0. The Morgan fingerprint density at radius 2 is 1.88 bits per heavy atom. The Kier molecular flexibility index (Phi) is 11.2. The van der Waals surface area contributed by atoms with Crippen LogP contribution in [0, 0.1) is 5.82 Å². The Labute approximate surface area is 208 Å². The summed E-state index contributed by atoms with van der Waals surface area (Å²) in [4.78, 5) is 6.66. The normalized spacial score (nSPS) is 15.8. The van der Waals surface area contributed by atoms with Crippen LogP contribution in [-0.4, -0.2) is 42.8 Å². The number of nitrogens with one attached hydrogen (secondary N) is 2. The van der Waals surface area contributed by atoms with Crippen LogP contribution in [0.3, 0.4) is 0 Å². The number of aliphatic hydroxyl groups excluding tert-OH is 1. The first-order valence-electron chi connectivity index (χ1n) is 11.4. The third-order valence-corrected chi connectivity index (χ3v) is 5.67. The van der Waals surface area contributed by atoms with Crippen molar-refractivity contribution >= 4 is 35.6 Å². The van der Waals surface area contributed by atoms with Gasteiger partial charge < -0.3 is 20.6 Å². The van der Waals surface area contributed by atoms with E-state index in [1.165, 1.54) is 5.56 Å². The lowest BCUT2D eigenvalue weighted by Gasteiger charge is -2.31. The predicted molar refractivity (Wildman–Crippen MR) is 141 cm³/mol. The number of benzene rings is 2. The van der Waals surface area contributed by atoms with Crippen LogP contribution in [0.1, 0.15) is 44.2 Å². The van der Waals surface area contributed by atoms with Gasteiger partial charge in [-0.15, -0.1) is 24.0 Å². The van der Waals surface area contributed by atoms with Crippen LogP contribution >= 0.6 is 24.0 Å². The number of aliphatic hydroxyl groups is 1. The fourth-order valence-electron chi connectivity index (χ4n) is 3.84. The zero-order valence-corrected chi connectivity index (χ0v) is 21.4. The van der Waals surface area contributed by atoms with Gasteiger partial charge >= 0.3 is 0 Å². The van der Waals surface area contributed by atoms with Gasteiger partial charge in [0.2, 0.25) is 0 Å². The third-order valence-electron chi connectivity index (χ3n) is 5.67. The number of guanidine groups is 1. The van der Waals surface area contributed by atoms with Gasteiger partial charge in [-0.25, -0.2) is 9.38 Å². The predicted octanol–water partition coefficient (Wildman–Crippen LogP) is 4.48. The molecule has 0 amide bonds. The molecule has 1 unspecified atom stereocenters. The Hall–Kier alpha value is -1.87. The van der Waals surface area contributed by atoms with Crippen molar-refractivity contribution in [2.45, 2.75) is 58.2 Å². The summed E-state index contributed by atoms with van der Waals surface area (Å²) in [5, 5.41) is 16.4. The van der Waals surface area contributed by atoms with E-state index in [4.69, 9.17) is 0 Å². The molecule has 0 bridgehead atoms. The number of aryl methyl sites for hydroxylation is 1. The molecule has 0 saturated carbocycles. The summed E-state index contributed by atoms with van der Waals surface area (Å²) < 4.78 is 14.7. The van der Waals surface area contributed by atoms with Gasteiger partial charge in [-0.3, -0.25) is 0 Å². The van der Waals surface area contributed by atoms with Crippen molar-refractivity contribution < 1.29 is 9.50 Å². The van der Waals surface area contributed by atoms with Crippen molar-refractivity contribution in [2.24, 2.45) is 4.99 Å². The molecule has 1 fully saturated rings. The summed E-state index contributed by atoms with van der Waals surface area (Å²) in [6, 6.07) is 16.1. The summed E-state index contributed by atoms with van der Waals surface area (Å²) in [5.41, 5.74) is 2.78. The second-order valence-corrected chi connectivity index (χ2v) is 8.27. The molecule has 1 aliphatic rings. The van der Waals surface area contributed by atoms with Crippen molar-refractivity contribution in [2.75, 3.05) is 24.5 Å². The van der Waals surface area contributed by atoms with Crippen LogP contribution in [0.2, 0.25) is 0 Å². The molecule has 1 saturated heterocycles. The molecule has 176 valence electrons. The van der Waals surface area contributed by atoms with E-state index in [9.17, 15) is 9.50 Å². The lowest BCUT2D eigenvalue weighted by molar-refractivity contribution is 0.145. The topological polar surface area (TPSA) is 59.9 Å². The van der Waals surface area contributed by atoms with E-state index in [-0.39, 0.29) is 41.9 Å². The van der Waals surface area contributed by atoms with E-state index in [1.54, 1.807) is 6.07 Å². The van der Waals surface area contributed by atoms with E-state index in [2.05, 4.69) is 46.8 Å². The first kappa shape index (κ1) is 26.4. The number of rotatable bonds is 8. The molecule has 1 aliphatic heterocycles. The maximum atomic E-state index is 14.7. The van der Waals surface area contributed by atoms with Gasteiger partial charge in [0.1, 0.15) is 5.82 Å². The quantitative estimate of drug-likeness (QED) is 0.256. The number of nitrogens with zero attached hydrogens (tertiary/aromatic N) is 2. The fraction of sp³-hybridized carbons (Fsp3) is 0.480. The first-order valence-corrected chi connectivity index (χ1v) is 11.4. The van der Waals surface area contributed by atoms with Crippen LogP contribution in [0.15, 0.2) is 53.5 Å². The maximum absolute atomic E-state index is 14.7. The summed E-state index contributed by atoms with van der Waals surface area (Å²) in [7, 11) is 0. The van der Waals surface area contributed by atoms with Crippen LogP contribution in [0.5, 0.6) is 0 Å². The van der Waals surface area contributed by atoms with Crippen molar-refractivity contribution in [3.05, 3.63) is 65.5 Å². The van der Waals surface area contributed by atoms with Crippen LogP contribution in [0.4, 0.5) is 10.1 Å². The Bertz CT molecular complexity index is 841. The summed E-state index contributed by atoms with van der Waals surface area (Å²) >= 11 is 0. The highest BCUT2D eigenvalue weighted by atomic mass is 127. The number of hydrogen-bond acceptors (Lipinski definition) is 3. The van der Waals surface area contributed by atoms with Crippen LogP contribution in [-0.2, 0) is 13.0 Å². The molecular formula is C25H36FIN4O. The average molecular weight is 554 g/mol. The summed E-state index contributed by atoms with van der Waals surface area (Å²) in [6.45, 7) is 6.74. The molecule has 3 rings (SSSR count). The van der Waals surface area contributed by atoms with E-state index >= 15 is 0 Å². The third kappa shape index (κ3) is 8.24. The molecule has 7 heteroatoms. The fourth-order valence-corrected chi connectivity index (χ4v) is 3.84. The largest absolute Gasteiger partial charge is 0.393 e. The number of piperidine rings is 1. The molecule has 1 heterocycles. The van der Waals surface area contributed by atoms with Gasteiger partial charge in [0.05, 0.1) is 18.3 Å². The average Bonchev–Trinajstić information content (AvgIpc) is 2.78. The number of halogens is 2. The van der Waals surface area contributed by atoms with E-state index in [0.717, 1.165) is 30.9 Å². The zero-order chi connectivity index (χ0) is 22.1. The van der Waals surface area contributed by atoms with Gasteiger partial charge in [-0.05, 0) is 62.8 Å². The summed E-state index contributed by atoms with van der Waals surface area (Å²) in [5.74, 6) is 0.524. The molecular weight excluding hydrogens is 518 g/mol. The van der Waals surface area contributed by atoms with Crippen molar-refractivity contribution in [1.29, 1.82) is 0 Å². The second kappa shape index (κ2) is 13.6. The highest BCUT2D eigenvalue weighted by molar-refractivity contribution is 14.0. The van der Waals surface area contributed by atoms with Crippen molar-refractivity contribution in [1.82, 2.24) is 10.6 Å². The van der Waals surface area contributed by atoms with Gasteiger partial charge in [0.25, 0.3) is 0 Å². The number of anilines is 1. The van der Waals surface area contributed by atoms with E-state index in [0.29, 0.717) is 38.2 Å². The lowest BCUT2D eigenvalue weighted by atomic mass is 10.1. The molecule has 0 spiro atoms. The molecule has 0 aliphatic carbocycles. The van der Waals surface area contributed by atoms with Crippen LogP contribution in [0.25, 0.3) is 0 Å². The lowest BCUT2D eigenvalue weighted by Crippen LogP contribution is -2.42. The van der Waals surface area contributed by atoms with Crippen LogP contribution < -0.4 is 15.5 Å². The minimum Gasteiger partial charge on any atom is -0.393 e. The molecule has 2 aromatic carbocycles. The number of aliphatic imine (C=N–C) groups is 1. The monoisotopic (exact) mass is 554 g/mol. The highest BCUT2D eigenvalue weighted by Gasteiger charge is 2.19. The van der Waals surface area contributed by atoms with Gasteiger partial charge in [-0.2, -0.15) is 0 Å². The van der Waals surface area contributed by atoms with Gasteiger partial charge in [-0.1, -0.05) is 36.4 Å². The van der Waals surface area contributed by atoms with Crippen molar-refractivity contribution in [3.63, 3.8) is 0 Å². The minimum atomic E-state index is -0.264. The Balaban J connectivity index is 0.00000363. The molecule has 2 aromatic rings. The van der Waals surface area contributed by atoms with E-state index < -0.39 is 0 Å². The number of hydrogen-bond donors (Lipinski definition) is 3. The highest BCUT2D eigenvalue weighted by Crippen LogP contribution is 2.24. The molecule has 5 nitrogen and oxygen atoms in total. The standard InChI is InChI=1S/C25H35FN4O.HI/c1-3-27-25(29-19(2)9-10-20-7-5-4-6-8-20)28-18-21-11-12-24(23(26)17-21)30-15-13-22(31)14-16-30;/h4-8,11-12,17,19,22,31H,3,9-10,13-16,18H2,1-2H3,(H2,27,28,29);1H. The summed E-state index contributed by atoms with van der Waals surface area (Å²) in [6.07, 6.45) is 3.12. The first-order chi connectivity index (χ1) is 15.0. The molecule has 32 heavy (non-hydrogen) atoms. The van der Waals surface area contributed by atoms with E-state index in [1.807, 2.05) is 30.0 Å². The molecule has 0 aromatic heterocycles. The maximum Gasteiger partial charge on any atom is 0.191 e. The SMILES string of the molecule is CCNC(=NCc1ccc(N2CCC(O)CC2)c(F)c1)NC(C)CCc1ccccc1.I. The smallest absolute Gasteiger partial charge is 0.191 e. The van der Waals surface area contributed by atoms with Crippen molar-refractivity contribution in [3.8, 4) is 0 Å². The molecule has 0 radical (unpaired) electrons. The second-order valence-electron chi connectivity index (χ2n) is 8.27. The van der Waals surface area contributed by atoms with Gasteiger partial charge in [0.15, 0.2) is 5.96 Å². The molecule has 3 N–H and O–H groups in total. The zero-order valence-electron chi connectivity index (χ0n) is 19.1. The Morgan fingerprint density at radius 1 is 1.16 bits per heavy atom.